The number of benzene rings is 3. The molecule has 9 heteroatoms. The molecular weight excluding hydrogens is 436 g/mol. The Labute approximate surface area is 196 Å². The monoisotopic (exact) mass is 460 g/mol. The second-order valence-electron chi connectivity index (χ2n) is 7.70. The Balaban J connectivity index is 1.55. The van der Waals surface area contributed by atoms with Crippen LogP contribution in [0.1, 0.15) is 29.8 Å². The standard InChI is InChI=1S/C25H24N4O5/c1-15(30)27-18-4-3-5-19(11-18)29-22-12-20(28-16(2)31)7-8-21(22)25(32)26-13-17-6-9-23-24(10-17)34-14-33-23/h3-12,29H,13-14H2,1-2H3,(H,26,32)(H,27,30)(H,28,31). The van der Waals surface area contributed by atoms with E-state index in [0.29, 0.717) is 46.4 Å². The molecule has 0 bridgehead atoms. The summed E-state index contributed by atoms with van der Waals surface area (Å²) >= 11 is 0. The predicted octanol–water partition coefficient (Wildman–Crippen LogP) is 4.01. The number of carbonyl (C=O) groups is 3. The third-order valence-corrected chi connectivity index (χ3v) is 4.94. The second kappa shape index (κ2) is 9.95. The van der Waals surface area contributed by atoms with E-state index in [9.17, 15) is 14.4 Å². The third-order valence-electron chi connectivity index (χ3n) is 4.94. The molecule has 0 aliphatic carbocycles. The van der Waals surface area contributed by atoms with E-state index in [2.05, 4.69) is 21.3 Å². The molecule has 3 amide bonds. The van der Waals surface area contributed by atoms with Crippen LogP contribution in [0.4, 0.5) is 22.7 Å². The van der Waals surface area contributed by atoms with Gasteiger partial charge in [0.2, 0.25) is 18.6 Å². The zero-order valence-corrected chi connectivity index (χ0v) is 18.7. The number of ether oxygens (including phenoxy) is 2. The molecule has 1 heterocycles. The number of carbonyl (C=O) groups excluding carboxylic acids is 3. The first-order chi connectivity index (χ1) is 16.4. The predicted molar refractivity (Wildman–Crippen MR) is 129 cm³/mol. The maximum atomic E-state index is 13.1. The average molecular weight is 460 g/mol. The van der Waals surface area contributed by atoms with Gasteiger partial charge < -0.3 is 30.7 Å². The molecule has 0 spiro atoms. The molecule has 0 fully saturated rings. The Morgan fingerprint density at radius 2 is 1.50 bits per heavy atom. The highest BCUT2D eigenvalue weighted by molar-refractivity contribution is 6.02. The van der Waals surface area contributed by atoms with Crippen molar-refractivity contribution < 1.29 is 23.9 Å². The Bertz CT molecular complexity index is 1260. The molecule has 9 nitrogen and oxygen atoms in total. The van der Waals surface area contributed by atoms with Crippen LogP contribution in [0.3, 0.4) is 0 Å². The molecule has 0 unspecified atom stereocenters. The Kier molecular flexibility index (Phi) is 6.63. The van der Waals surface area contributed by atoms with E-state index in [0.717, 1.165) is 5.56 Å². The Morgan fingerprint density at radius 1 is 0.794 bits per heavy atom. The zero-order valence-electron chi connectivity index (χ0n) is 18.7. The van der Waals surface area contributed by atoms with Crippen LogP contribution in [-0.4, -0.2) is 24.5 Å². The first-order valence-corrected chi connectivity index (χ1v) is 10.6. The summed E-state index contributed by atoms with van der Waals surface area (Å²) in [5, 5.41) is 11.6. The SMILES string of the molecule is CC(=O)Nc1cccc(Nc2cc(NC(C)=O)ccc2C(=O)NCc2ccc3c(c2)OCO3)c1. The number of fused-ring (bicyclic) bond motifs is 1. The summed E-state index contributed by atoms with van der Waals surface area (Å²) in [5.41, 5.74) is 3.57. The van der Waals surface area contributed by atoms with E-state index in [4.69, 9.17) is 9.47 Å². The largest absolute Gasteiger partial charge is 0.454 e. The van der Waals surface area contributed by atoms with Crippen LogP contribution in [0.25, 0.3) is 0 Å². The number of rotatable bonds is 7. The summed E-state index contributed by atoms with van der Waals surface area (Å²) in [5.74, 6) is 0.615. The number of hydrogen-bond acceptors (Lipinski definition) is 6. The van der Waals surface area contributed by atoms with Gasteiger partial charge in [-0.25, -0.2) is 0 Å². The van der Waals surface area contributed by atoms with Crippen molar-refractivity contribution in [1.29, 1.82) is 0 Å². The van der Waals surface area contributed by atoms with Crippen molar-refractivity contribution in [2.24, 2.45) is 0 Å². The highest BCUT2D eigenvalue weighted by atomic mass is 16.7. The zero-order chi connectivity index (χ0) is 24.1. The molecular formula is C25H24N4O5. The van der Waals surface area contributed by atoms with Crippen molar-refractivity contribution in [2.45, 2.75) is 20.4 Å². The van der Waals surface area contributed by atoms with Gasteiger partial charge in [0.15, 0.2) is 11.5 Å². The van der Waals surface area contributed by atoms with Crippen molar-refractivity contribution >= 4 is 40.5 Å². The van der Waals surface area contributed by atoms with Crippen molar-refractivity contribution in [1.82, 2.24) is 5.32 Å². The smallest absolute Gasteiger partial charge is 0.253 e. The summed E-state index contributed by atoms with van der Waals surface area (Å²) in [4.78, 5) is 36.0. The van der Waals surface area contributed by atoms with Gasteiger partial charge in [0.1, 0.15) is 0 Å². The Morgan fingerprint density at radius 3 is 2.26 bits per heavy atom. The van der Waals surface area contributed by atoms with Crippen molar-refractivity contribution in [3.05, 3.63) is 71.8 Å². The third kappa shape index (κ3) is 5.63. The molecule has 1 aliphatic heterocycles. The van der Waals surface area contributed by atoms with Gasteiger partial charge in [-0.2, -0.15) is 0 Å². The molecule has 4 N–H and O–H groups in total. The van der Waals surface area contributed by atoms with Gasteiger partial charge in [-0.15, -0.1) is 0 Å². The first-order valence-electron chi connectivity index (χ1n) is 10.6. The Hall–Kier alpha value is -4.53. The minimum absolute atomic E-state index is 0.184. The molecule has 0 atom stereocenters. The fraction of sp³-hybridized carbons (Fsp3) is 0.160. The van der Waals surface area contributed by atoms with Gasteiger partial charge >= 0.3 is 0 Å². The molecule has 1 aliphatic rings. The topological polar surface area (TPSA) is 118 Å². The van der Waals surface area contributed by atoms with Gasteiger partial charge in [-0.05, 0) is 54.1 Å². The van der Waals surface area contributed by atoms with Gasteiger partial charge in [-0.1, -0.05) is 12.1 Å². The van der Waals surface area contributed by atoms with Crippen LogP contribution in [0.2, 0.25) is 0 Å². The maximum absolute atomic E-state index is 13.1. The van der Waals surface area contributed by atoms with Crippen molar-refractivity contribution in [3.8, 4) is 11.5 Å². The van der Waals surface area contributed by atoms with Gasteiger partial charge in [0.25, 0.3) is 5.91 Å². The van der Waals surface area contributed by atoms with Gasteiger partial charge in [-0.3, -0.25) is 14.4 Å². The van der Waals surface area contributed by atoms with Crippen LogP contribution >= 0.6 is 0 Å². The highest BCUT2D eigenvalue weighted by Gasteiger charge is 2.16. The van der Waals surface area contributed by atoms with E-state index >= 15 is 0 Å². The highest BCUT2D eigenvalue weighted by Crippen LogP contribution is 2.32. The van der Waals surface area contributed by atoms with Gasteiger partial charge in [0, 0.05) is 37.5 Å². The molecule has 0 aromatic heterocycles. The van der Waals surface area contributed by atoms with Crippen LogP contribution in [0.15, 0.2) is 60.7 Å². The lowest BCUT2D eigenvalue weighted by molar-refractivity contribution is -0.115. The number of hydrogen-bond donors (Lipinski definition) is 4. The molecule has 4 rings (SSSR count). The van der Waals surface area contributed by atoms with Crippen LogP contribution in [0, 0.1) is 0 Å². The fourth-order valence-electron chi connectivity index (χ4n) is 3.49. The van der Waals surface area contributed by atoms with E-state index < -0.39 is 0 Å². The van der Waals surface area contributed by atoms with E-state index in [1.165, 1.54) is 13.8 Å². The summed E-state index contributed by atoms with van der Waals surface area (Å²) in [6.07, 6.45) is 0. The minimum Gasteiger partial charge on any atom is -0.454 e. The number of anilines is 4. The molecule has 0 radical (unpaired) electrons. The van der Waals surface area contributed by atoms with Crippen LogP contribution < -0.4 is 30.7 Å². The quantitative estimate of drug-likeness (QED) is 0.423. The molecule has 174 valence electrons. The molecule has 3 aromatic carbocycles. The van der Waals surface area contributed by atoms with E-state index in [1.807, 2.05) is 18.2 Å². The normalized spacial score (nSPS) is 11.5. The van der Waals surface area contributed by atoms with Crippen molar-refractivity contribution in [2.75, 3.05) is 22.7 Å². The fourth-order valence-corrected chi connectivity index (χ4v) is 3.49. The minimum atomic E-state index is -0.299. The lowest BCUT2D eigenvalue weighted by atomic mass is 10.1. The first kappa shape index (κ1) is 22.7. The lowest BCUT2D eigenvalue weighted by Crippen LogP contribution is -2.23. The van der Waals surface area contributed by atoms with E-state index in [1.54, 1.807) is 42.5 Å². The number of nitrogens with one attached hydrogen (secondary N) is 4. The summed E-state index contributed by atoms with van der Waals surface area (Å²) < 4.78 is 10.7. The molecule has 34 heavy (non-hydrogen) atoms. The number of amides is 3. The maximum Gasteiger partial charge on any atom is 0.253 e. The van der Waals surface area contributed by atoms with Gasteiger partial charge in [0.05, 0.1) is 11.3 Å². The second-order valence-corrected chi connectivity index (χ2v) is 7.70. The summed E-state index contributed by atoms with van der Waals surface area (Å²) in [6, 6.07) is 17.6. The molecule has 3 aromatic rings. The summed E-state index contributed by atoms with van der Waals surface area (Å²) in [7, 11) is 0. The molecule has 0 saturated heterocycles. The average Bonchev–Trinajstić information content (AvgIpc) is 3.25. The van der Waals surface area contributed by atoms with E-state index in [-0.39, 0.29) is 24.5 Å². The molecule has 0 saturated carbocycles. The van der Waals surface area contributed by atoms with Crippen molar-refractivity contribution in [3.63, 3.8) is 0 Å². The lowest BCUT2D eigenvalue weighted by Gasteiger charge is -2.15. The van der Waals surface area contributed by atoms with Crippen LogP contribution in [0.5, 0.6) is 11.5 Å². The van der Waals surface area contributed by atoms with Crippen LogP contribution in [-0.2, 0) is 16.1 Å². The summed E-state index contributed by atoms with van der Waals surface area (Å²) in [6.45, 7) is 3.32.